The molecule has 0 rings (SSSR count). The van der Waals surface area contributed by atoms with Gasteiger partial charge in [-0.15, -0.1) is 0 Å². The molecule has 0 saturated carbocycles. The Kier molecular flexibility index (Phi) is 3.71. The number of nitrogens with zero attached hydrogens (tertiary/aromatic N) is 1. The van der Waals surface area contributed by atoms with E-state index in [-0.39, 0.29) is 0 Å². The van der Waals surface area contributed by atoms with Gasteiger partial charge < -0.3 is 20.5 Å². The number of aliphatic hydroxyl groups is 1. The van der Waals surface area contributed by atoms with Crippen LogP contribution < -0.4 is 0 Å². The number of rotatable bonds is 4. The van der Waals surface area contributed by atoms with Gasteiger partial charge in [-0.3, -0.25) is 4.79 Å². The number of aliphatic carboxylic acids is 2. The van der Waals surface area contributed by atoms with Gasteiger partial charge in [-0.25, -0.2) is 4.79 Å². The molecule has 0 aliphatic carbocycles. The van der Waals surface area contributed by atoms with Crippen molar-refractivity contribution in [1.29, 1.82) is 0 Å². The van der Waals surface area contributed by atoms with Crippen molar-refractivity contribution in [2.75, 3.05) is 0 Å². The Morgan fingerprint density at radius 3 is 2.08 bits per heavy atom. The summed E-state index contributed by atoms with van der Waals surface area (Å²) in [5.74, 6) is -3.05. The second-order valence-corrected chi connectivity index (χ2v) is 1.90. The van der Waals surface area contributed by atoms with E-state index in [0.717, 1.165) is 0 Å². The molecule has 0 aliphatic rings. The predicted molar refractivity (Wildman–Crippen MR) is 35.1 cm³/mol. The Morgan fingerprint density at radius 2 is 1.83 bits per heavy atom. The van der Waals surface area contributed by atoms with E-state index in [1.165, 1.54) is 0 Å². The molecule has 0 spiro atoms. The van der Waals surface area contributed by atoms with Gasteiger partial charge in [0.05, 0.1) is 6.42 Å². The van der Waals surface area contributed by atoms with E-state index >= 15 is 0 Å². The third-order valence-corrected chi connectivity index (χ3v) is 1.01. The number of carboxylic acids is 2. The molecule has 0 bridgehead atoms. The van der Waals surface area contributed by atoms with E-state index < -0.39 is 30.2 Å². The van der Waals surface area contributed by atoms with Gasteiger partial charge in [-0.05, 0) is 0 Å². The molecule has 7 nitrogen and oxygen atoms in total. The van der Waals surface area contributed by atoms with E-state index in [1.807, 2.05) is 0 Å². The molecule has 0 saturated heterocycles. The average molecular weight is 177 g/mol. The van der Waals surface area contributed by atoms with E-state index in [9.17, 15) is 9.59 Å². The summed E-state index contributed by atoms with van der Waals surface area (Å²) in [6.07, 6.45) is -2.61. The summed E-state index contributed by atoms with van der Waals surface area (Å²) in [5, 5.41) is 35.4. The highest BCUT2D eigenvalue weighted by Crippen LogP contribution is 1.95. The molecule has 0 amide bonds. The lowest BCUT2D eigenvalue weighted by Gasteiger charge is -2.04. The van der Waals surface area contributed by atoms with Crippen LogP contribution in [0.2, 0.25) is 0 Å². The van der Waals surface area contributed by atoms with Gasteiger partial charge in [-0.2, -0.15) is 0 Å². The van der Waals surface area contributed by atoms with Gasteiger partial charge in [0.2, 0.25) is 0 Å². The number of hydrogen-bond donors (Lipinski definition) is 4. The lowest BCUT2D eigenvalue weighted by Crippen LogP contribution is -2.30. The molecule has 0 aromatic rings. The van der Waals surface area contributed by atoms with Gasteiger partial charge in [0, 0.05) is 0 Å². The Bertz CT molecular complexity index is 222. The highest BCUT2D eigenvalue weighted by Gasteiger charge is 2.23. The van der Waals surface area contributed by atoms with E-state index in [1.54, 1.807) is 0 Å². The van der Waals surface area contributed by atoms with Gasteiger partial charge >= 0.3 is 11.9 Å². The first-order chi connectivity index (χ1) is 5.49. The summed E-state index contributed by atoms with van der Waals surface area (Å²) < 4.78 is 0. The topological polar surface area (TPSA) is 127 Å². The Balaban J connectivity index is 4.34. The van der Waals surface area contributed by atoms with Crippen LogP contribution in [0.4, 0.5) is 0 Å². The number of carboxylic acid groups (broad SMARTS) is 2. The lowest BCUT2D eigenvalue weighted by atomic mass is 10.1. The van der Waals surface area contributed by atoms with Crippen LogP contribution in [-0.2, 0) is 9.59 Å². The van der Waals surface area contributed by atoms with Gasteiger partial charge in [0.15, 0.2) is 5.71 Å². The Morgan fingerprint density at radius 1 is 1.33 bits per heavy atom. The molecule has 0 aromatic heterocycles. The van der Waals surface area contributed by atoms with Crippen molar-refractivity contribution >= 4 is 17.7 Å². The highest BCUT2D eigenvalue weighted by atomic mass is 16.4. The van der Waals surface area contributed by atoms with Gasteiger partial charge in [-0.1, -0.05) is 5.16 Å². The third kappa shape index (κ3) is 2.97. The SMILES string of the molecule is O=C(O)CC(O)C(=NO)C(=O)O. The number of aliphatic hydroxyl groups excluding tert-OH is 1. The molecule has 4 N–H and O–H groups in total. The summed E-state index contributed by atoms with van der Waals surface area (Å²) in [6, 6.07) is 0. The number of oxime groups is 1. The van der Waals surface area contributed by atoms with E-state index in [0.29, 0.717) is 0 Å². The third-order valence-electron chi connectivity index (χ3n) is 1.01. The molecule has 0 heterocycles. The quantitative estimate of drug-likeness (QED) is 0.241. The van der Waals surface area contributed by atoms with Gasteiger partial charge in [0.1, 0.15) is 6.10 Å². The molecule has 0 fully saturated rings. The predicted octanol–water partition coefficient (Wildman–Crippen LogP) is -1.26. The first-order valence-corrected chi connectivity index (χ1v) is 2.84. The average Bonchev–Trinajstić information content (AvgIpc) is 1.85. The zero-order valence-electron chi connectivity index (χ0n) is 5.84. The number of hydrogen-bond acceptors (Lipinski definition) is 5. The molecule has 7 heteroatoms. The summed E-state index contributed by atoms with van der Waals surface area (Å²) >= 11 is 0. The monoisotopic (exact) mass is 177 g/mol. The zero-order chi connectivity index (χ0) is 9.72. The molecular weight excluding hydrogens is 170 g/mol. The molecule has 0 aromatic carbocycles. The van der Waals surface area contributed by atoms with Crippen LogP contribution in [0.5, 0.6) is 0 Å². The second-order valence-electron chi connectivity index (χ2n) is 1.90. The lowest BCUT2D eigenvalue weighted by molar-refractivity contribution is -0.138. The van der Waals surface area contributed by atoms with Crippen molar-refractivity contribution in [3.63, 3.8) is 0 Å². The van der Waals surface area contributed by atoms with E-state index in [2.05, 4.69) is 5.16 Å². The minimum atomic E-state index is -1.80. The standard InChI is InChI=1S/C5H7NO6/c7-2(1-3(8)9)4(6-12)5(10)11/h2,7,12H,1H2,(H,8,9)(H,10,11). The summed E-state index contributed by atoms with van der Waals surface area (Å²) in [6.45, 7) is 0. The fraction of sp³-hybridized carbons (Fsp3) is 0.400. The molecule has 0 radical (unpaired) electrons. The summed E-state index contributed by atoms with van der Waals surface area (Å²) in [5.41, 5.74) is -0.989. The smallest absolute Gasteiger partial charge is 0.356 e. The maximum Gasteiger partial charge on any atom is 0.356 e. The molecule has 68 valence electrons. The summed E-state index contributed by atoms with van der Waals surface area (Å²) in [7, 11) is 0. The molecule has 0 aliphatic heterocycles. The first-order valence-electron chi connectivity index (χ1n) is 2.84. The van der Waals surface area contributed by atoms with E-state index in [4.69, 9.17) is 20.5 Å². The molecular formula is C5H7NO6. The van der Waals surface area contributed by atoms with Crippen LogP contribution in [0.25, 0.3) is 0 Å². The Hall–Kier alpha value is -1.63. The first kappa shape index (κ1) is 10.4. The van der Waals surface area contributed by atoms with Crippen LogP contribution in [0.15, 0.2) is 5.16 Å². The van der Waals surface area contributed by atoms with Crippen molar-refractivity contribution in [2.45, 2.75) is 12.5 Å². The van der Waals surface area contributed by atoms with Gasteiger partial charge in [0.25, 0.3) is 0 Å². The van der Waals surface area contributed by atoms with Crippen molar-refractivity contribution in [3.05, 3.63) is 0 Å². The van der Waals surface area contributed by atoms with Crippen LogP contribution in [0.1, 0.15) is 6.42 Å². The fourth-order valence-electron chi connectivity index (χ4n) is 0.514. The number of carbonyl (C=O) groups is 2. The zero-order valence-corrected chi connectivity index (χ0v) is 5.84. The van der Waals surface area contributed by atoms with Crippen LogP contribution >= 0.6 is 0 Å². The van der Waals surface area contributed by atoms with Crippen LogP contribution in [0.3, 0.4) is 0 Å². The maximum atomic E-state index is 10.1. The Labute approximate surface area is 66.5 Å². The minimum absolute atomic E-state index is 0.814. The minimum Gasteiger partial charge on any atom is -0.481 e. The fourth-order valence-corrected chi connectivity index (χ4v) is 0.514. The normalized spacial score (nSPS) is 13.9. The second kappa shape index (κ2) is 4.29. The molecule has 12 heavy (non-hydrogen) atoms. The van der Waals surface area contributed by atoms with Crippen molar-refractivity contribution in [1.82, 2.24) is 0 Å². The van der Waals surface area contributed by atoms with Crippen molar-refractivity contribution < 1.29 is 30.1 Å². The largest absolute Gasteiger partial charge is 0.481 e. The molecule has 1 unspecified atom stereocenters. The van der Waals surface area contributed by atoms with Crippen LogP contribution in [-0.4, -0.2) is 44.3 Å². The maximum absolute atomic E-state index is 10.1. The van der Waals surface area contributed by atoms with Crippen LogP contribution in [0, 0.1) is 0 Å². The summed E-state index contributed by atoms with van der Waals surface area (Å²) in [4.78, 5) is 20.1. The van der Waals surface area contributed by atoms with Crippen molar-refractivity contribution in [3.8, 4) is 0 Å². The molecule has 1 atom stereocenters. The van der Waals surface area contributed by atoms with Crippen molar-refractivity contribution in [2.24, 2.45) is 5.16 Å². The highest BCUT2D eigenvalue weighted by molar-refractivity contribution is 6.37.